The first-order chi connectivity index (χ1) is 10.7. The van der Waals surface area contributed by atoms with Crippen molar-refractivity contribution >= 4 is 11.6 Å². The minimum Gasteiger partial charge on any atom is -0.390 e. The molecular formula is C19H25FO3. The molecule has 4 aliphatic rings. The number of ketones is 2. The Balaban J connectivity index is 1.83. The van der Waals surface area contributed by atoms with Gasteiger partial charge in [0.05, 0.1) is 6.10 Å². The van der Waals surface area contributed by atoms with Crippen molar-refractivity contribution in [2.24, 2.45) is 22.7 Å². The van der Waals surface area contributed by atoms with Gasteiger partial charge in [0.25, 0.3) is 0 Å². The lowest BCUT2D eigenvalue weighted by Crippen LogP contribution is -2.67. The number of alkyl halides is 1. The predicted molar refractivity (Wildman–Crippen MR) is 83.5 cm³/mol. The number of hydrogen-bond donors (Lipinski definition) is 1. The van der Waals surface area contributed by atoms with Gasteiger partial charge in [-0.05, 0) is 44.1 Å². The molecule has 0 saturated heterocycles. The van der Waals surface area contributed by atoms with E-state index in [2.05, 4.69) is 0 Å². The first-order valence-electron chi connectivity index (χ1n) is 8.87. The number of carbonyl (C=O) groups is 2. The Morgan fingerprint density at radius 3 is 2.57 bits per heavy atom. The Kier molecular flexibility index (Phi) is 3.05. The van der Waals surface area contributed by atoms with Gasteiger partial charge in [0.1, 0.15) is 11.5 Å². The maximum absolute atomic E-state index is 16.5. The number of halogens is 1. The third-order valence-electron chi connectivity index (χ3n) is 7.75. The predicted octanol–water partition coefficient (Wildman–Crippen LogP) is 3.15. The normalized spacial score (nSPS) is 52.5. The van der Waals surface area contributed by atoms with E-state index in [1.54, 1.807) is 6.08 Å². The summed E-state index contributed by atoms with van der Waals surface area (Å²) in [5, 5.41) is 10.8. The van der Waals surface area contributed by atoms with E-state index in [4.69, 9.17) is 0 Å². The monoisotopic (exact) mass is 320 g/mol. The van der Waals surface area contributed by atoms with E-state index < -0.39 is 22.6 Å². The van der Waals surface area contributed by atoms with Crippen LogP contribution in [0.5, 0.6) is 0 Å². The highest BCUT2D eigenvalue weighted by molar-refractivity contribution is 5.92. The fourth-order valence-electron chi connectivity index (χ4n) is 6.34. The zero-order valence-electron chi connectivity index (χ0n) is 13.9. The summed E-state index contributed by atoms with van der Waals surface area (Å²) in [7, 11) is 0. The Bertz CT molecular complexity index is 626. The average molecular weight is 320 g/mol. The second kappa shape index (κ2) is 4.53. The zero-order valence-corrected chi connectivity index (χ0v) is 13.9. The number of rotatable bonds is 0. The van der Waals surface area contributed by atoms with Crippen LogP contribution in [0.3, 0.4) is 0 Å². The Morgan fingerprint density at radius 1 is 1.13 bits per heavy atom. The molecule has 4 aliphatic carbocycles. The van der Waals surface area contributed by atoms with Gasteiger partial charge in [-0.15, -0.1) is 0 Å². The topological polar surface area (TPSA) is 54.4 Å². The summed E-state index contributed by atoms with van der Waals surface area (Å²) >= 11 is 0. The second-order valence-corrected chi connectivity index (χ2v) is 8.59. The first kappa shape index (κ1) is 15.5. The molecule has 0 aliphatic heterocycles. The summed E-state index contributed by atoms with van der Waals surface area (Å²) in [5.74, 6) is 0.0112. The largest absolute Gasteiger partial charge is 0.390 e. The number of aliphatic hydroxyl groups is 1. The number of allylic oxidation sites excluding steroid dienone is 1. The molecule has 3 saturated carbocycles. The number of Topliss-reactive ketones (excluding diaryl/α,β-unsaturated/α-hetero) is 1. The maximum Gasteiger partial charge on any atom is 0.155 e. The van der Waals surface area contributed by atoms with Gasteiger partial charge in [-0.2, -0.15) is 0 Å². The molecule has 0 heterocycles. The van der Waals surface area contributed by atoms with Gasteiger partial charge >= 0.3 is 0 Å². The summed E-state index contributed by atoms with van der Waals surface area (Å²) in [6.45, 7) is 3.81. The molecule has 0 amide bonds. The van der Waals surface area contributed by atoms with Crippen molar-refractivity contribution in [3.8, 4) is 0 Å². The van der Waals surface area contributed by atoms with Crippen LogP contribution in [0.25, 0.3) is 0 Å². The second-order valence-electron chi connectivity index (χ2n) is 8.59. The quantitative estimate of drug-likeness (QED) is 0.746. The summed E-state index contributed by atoms with van der Waals surface area (Å²) in [5.41, 5.74) is -2.18. The lowest BCUT2D eigenvalue weighted by atomic mass is 9.45. The van der Waals surface area contributed by atoms with Crippen LogP contribution < -0.4 is 0 Å². The van der Waals surface area contributed by atoms with Crippen molar-refractivity contribution < 1.29 is 19.1 Å². The van der Waals surface area contributed by atoms with Crippen LogP contribution in [-0.4, -0.2) is 28.4 Å². The van der Waals surface area contributed by atoms with E-state index in [0.29, 0.717) is 32.1 Å². The van der Waals surface area contributed by atoms with Crippen LogP contribution in [0.1, 0.15) is 58.8 Å². The molecule has 0 radical (unpaired) electrons. The fraction of sp³-hybridized carbons (Fsp3) is 0.789. The lowest BCUT2D eigenvalue weighted by Gasteiger charge is -2.62. The molecule has 4 rings (SSSR count). The number of aliphatic hydroxyl groups excluding tert-OH is 1. The first-order valence-corrected chi connectivity index (χ1v) is 8.87. The highest BCUT2D eigenvalue weighted by Crippen LogP contribution is 2.67. The van der Waals surface area contributed by atoms with Gasteiger partial charge in [-0.3, -0.25) is 9.59 Å². The molecule has 3 nitrogen and oxygen atoms in total. The van der Waals surface area contributed by atoms with Crippen molar-refractivity contribution in [3.05, 3.63) is 11.6 Å². The van der Waals surface area contributed by atoms with Gasteiger partial charge in [-0.25, -0.2) is 4.39 Å². The minimum atomic E-state index is -1.72. The van der Waals surface area contributed by atoms with Gasteiger partial charge in [0.2, 0.25) is 0 Å². The van der Waals surface area contributed by atoms with Gasteiger partial charge in [-0.1, -0.05) is 19.4 Å². The third-order valence-corrected chi connectivity index (χ3v) is 7.75. The van der Waals surface area contributed by atoms with E-state index in [1.165, 1.54) is 0 Å². The smallest absolute Gasteiger partial charge is 0.155 e. The number of hydrogen-bond acceptors (Lipinski definition) is 3. The molecule has 0 spiro atoms. The average Bonchev–Trinajstić information content (AvgIpc) is 2.77. The van der Waals surface area contributed by atoms with Crippen LogP contribution in [0.4, 0.5) is 4.39 Å². The van der Waals surface area contributed by atoms with Gasteiger partial charge in [0, 0.05) is 29.6 Å². The highest BCUT2D eigenvalue weighted by atomic mass is 19.1. The molecule has 23 heavy (non-hydrogen) atoms. The van der Waals surface area contributed by atoms with Crippen LogP contribution in [0.15, 0.2) is 11.6 Å². The molecule has 1 N–H and O–H groups in total. The van der Waals surface area contributed by atoms with Gasteiger partial charge < -0.3 is 5.11 Å². The zero-order chi connectivity index (χ0) is 16.6. The summed E-state index contributed by atoms with van der Waals surface area (Å²) < 4.78 is 16.5. The van der Waals surface area contributed by atoms with Crippen molar-refractivity contribution in [1.82, 2.24) is 0 Å². The molecule has 0 aromatic heterocycles. The van der Waals surface area contributed by atoms with Crippen LogP contribution in [0.2, 0.25) is 0 Å². The molecule has 0 aromatic rings. The lowest BCUT2D eigenvalue weighted by molar-refractivity contribution is -0.202. The molecule has 6 atom stereocenters. The van der Waals surface area contributed by atoms with Crippen molar-refractivity contribution in [1.29, 1.82) is 0 Å². The fourth-order valence-corrected chi connectivity index (χ4v) is 6.34. The van der Waals surface area contributed by atoms with Crippen LogP contribution >= 0.6 is 0 Å². The van der Waals surface area contributed by atoms with Crippen molar-refractivity contribution in [2.75, 3.05) is 0 Å². The standard InChI is InChI=1S/C19H25FO3/c1-17-10-16(23)19(20)14(13(17)5-6-15(17)22)4-3-11-9-12(21)7-8-18(11,19)2/h9,13-14,16,23H,3-8,10H2,1-2H3/t13-,14-,16-,17-,18-,19?/m0/s1. The molecular weight excluding hydrogens is 295 g/mol. The molecule has 3 fully saturated rings. The van der Waals surface area contributed by atoms with Crippen molar-refractivity contribution in [2.45, 2.75) is 70.6 Å². The van der Waals surface area contributed by atoms with E-state index in [9.17, 15) is 14.7 Å². The minimum absolute atomic E-state index is 0.0272. The number of fused-ring (bicyclic) bond motifs is 5. The summed E-state index contributed by atoms with van der Waals surface area (Å²) in [6.07, 6.45) is 4.15. The molecule has 4 heteroatoms. The third kappa shape index (κ3) is 1.68. The molecule has 1 unspecified atom stereocenters. The molecule has 0 aromatic carbocycles. The molecule has 126 valence electrons. The van der Waals surface area contributed by atoms with E-state index in [1.807, 2.05) is 13.8 Å². The van der Waals surface area contributed by atoms with E-state index in [-0.39, 0.29) is 29.8 Å². The molecule has 0 bridgehead atoms. The summed E-state index contributed by atoms with van der Waals surface area (Å²) in [4.78, 5) is 24.1. The van der Waals surface area contributed by atoms with E-state index >= 15 is 4.39 Å². The Hall–Kier alpha value is -1.03. The highest BCUT2D eigenvalue weighted by Gasteiger charge is 2.70. The van der Waals surface area contributed by atoms with Crippen LogP contribution in [-0.2, 0) is 9.59 Å². The van der Waals surface area contributed by atoms with Crippen LogP contribution in [0, 0.1) is 22.7 Å². The number of carbonyl (C=O) groups excluding carboxylic acids is 2. The maximum atomic E-state index is 16.5. The van der Waals surface area contributed by atoms with E-state index in [0.717, 1.165) is 12.0 Å². The SMILES string of the molecule is C[C@]12CCC(=O)C=C1CC[C@H]1[C@@H]3CCC(=O)[C@@]3(C)C[C@H](O)C12F. The Morgan fingerprint density at radius 2 is 1.83 bits per heavy atom. The Labute approximate surface area is 136 Å². The summed E-state index contributed by atoms with van der Waals surface area (Å²) in [6, 6.07) is 0. The van der Waals surface area contributed by atoms with Gasteiger partial charge in [0.15, 0.2) is 5.78 Å². The van der Waals surface area contributed by atoms with Crippen molar-refractivity contribution in [3.63, 3.8) is 0 Å².